The van der Waals surface area contributed by atoms with E-state index < -0.39 is 11.6 Å². The van der Waals surface area contributed by atoms with Gasteiger partial charge in [-0.25, -0.2) is 4.79 Å². The molecule has 178 valence electrons. The van der Waals surface area contributed by atoms with E-state index in [1.54, 1.807) is 13.8 Å². The number of nitrogens with zero attached hydrogens (tertiary/aromatic N) is 1. The van der Waals surface area contributed by atoms with Crippen LogP contribution in [0.25, 0.3) is 0 Å². The lowest BCUT2D eigenvalue weighted by Gasteiger charge is -2.36. The zero-order valence-electron chi connectivity index (χ0n) is 19.6. The number of carbonyl (C=O) groups is 1. The third-order valence-corrected chi connectivity index (χ3v) is 5.96. The van der Waals surface area contributed by atoms with E-state index in [1.165, 1.54) is 5.56 Å². The minimum Gasteiger partial charge on any atom is -0.490 e. The summed E-state index contributed by atoms with van der Waals surface area (Å²) < 4.78 is 17.7. The fourth-order valence-electron chi connectivity index (χ4n) is 4.21. The maximum atomic E-state index is 11.6. The second-order valence-electron chi connectivity index (χ2n) is 8.67. The van der Waals surface area contributed by atoms with Gasteiger partial charge in [0, 0.05) is 19.6 Å². The van der Waals surface area contributed by atoms with Crippen molar-refractivity contribution in [3.8, 4) is 11.5 Å². The molecule has 6 nitrogen and oxygen atoms in total. The van der Waals surface area contributed by atoms with E-state index in [4.69, 9.17) is 14.2 Å². The molecule has 1 aliphatic heterocycles. The van der Waals surface area contributed by atoms with Crippen molar-refractivity contribution in [3.05, 3.63) is 90.0 Å². The fourth-order valence-corrected chi connectivity index (χ4v) is 4.21. The Hall–Kier alpha value is -3.51. The van der Waals surface area contributed by atoms with E-state index in [1.807, 2.05) is 48.5 Å². The molecule has 0 bridgehead atoms. The molecular formula is C28H31NO5. The van der Waals surface area contributed by atoms with Crippen molar-refractivity contribution in [2.24, 2.45) is 0 Å². The lowest BCUT2D eigenvalue weighted by molar-refractivity contribution is -0.162. The molecule has 1 aliphatic rings. The summed E-state index contributed by atoms with van der Waals surface area (Å²) in [5, 5.41) is 9.52. The molecule has 0 amide bonds. The molecule has 2 unspecified atom stereocenters. The maximum Gasteiger partial charge on any atom is 0.336 e. The lowest BCUT2D eigenvalue weighted by Crippen LogP contribution is -2.42. The molecule has 3 aromatic rings. The van der Waals surface area contributed by atoms with Crippen LogP contribution in [0.3, 0.4) is 0 Å². The highest BCUT2D eigenvalue weighted by molar-refractivity contribution is 5.77. The highest BCUT2D eigenvalue weighted by Gasteiger charge is 2.34. The second kappa shape index (κ2) is 10.6. The maximum absolute atomic E-state index is 11.6. The van der Waals surface area contributed by atoms with Crippen molar-refractivity contribution in [1.29, 1.82) is 0 Å². The van der Waals surface area contributed by atoms with E-state index in [-0.39, 0.29) is 12.5 Å². The number of anilines is 1. The molecule has 4 rings (SSSR count). The predicted octanol–water partition coefficient (Wildman–Crippen LogP) is 4.96. The fraction of sp³-hybridized carbons (Fsp3) is 0.321. The van der Waals surface area contributed by atoms with Gasteiger partial charge in [-0.1, -0.05) is 54.6 Å². The number of rotatable bonds is 10. The van der Waals surface area contributed by atoms with Crippen molar-refractivity contribution in [1.82, 2.24) is 0 Å². The summed E-state index contributed by atoms with van der Waals surface area (Å²) in [6.45, 7) is 5.66. The Kier molecular flexibility index (Phi) is 7.38. The molecule has 1 N–H and O–H groups in total. The number of benzene rings is 3. The molecule has 0 fully saturated rings. The highest BCUT2D eigenvalue weighted by atomic mass is 16.5. The molecule has 0 aliphatic carbocycles. The second-order valence-corrected chi connectivity index (χ2v) is 8.67. The number of carboxylic acid groups (broad SMARTS) is 1. The number of hydrogen-bond acceptors (Lipinski definition) is 5. The van der Waals surface area contributed by atoms with Crippen LogP contribution >= 0.6 is 0 Å². The third-order valence-electron chi connectivity index (χ3n) is 5.96. The Balaban J connectivity index is 1.39. The van der Waals surface area contributed by atoms with Gasteiger partial charge in [-0.2, -0.15) is 0 Å². The average Bonchev–Trinajstić information content (AvgIpc) is 2.84. The first kappa shape index (κ1) is 23.6. The highest BCUT2D eigenvalue weighted by Crippen LogP contribution is 2.34. The van der Waals surface area contributed by atoms with Gasteiger partial charge in [0.1, 0.15) is 18.1 Å². The van der Waals surface area contributed by atoms with Crippen LogP contribution in [0.4, 0.5) is 5.69 Å². The van der Waals surface area contributed by atoms with Gasteiger partial charge < -0.3 is 24.2 Å². The smallest absolute Gasteiger partial charge is 0.336 e. The van der Waals surface area contributed by atoms with Crippen molar-refractivity contribution < 1.29 is 24.1 Å². The Labute approximate surface area is 200 Å². The number of para-hydroxylation sites is 2. The molecule has 0 saturated carbocycles. The minimum atomic E-state index is -1.25. The first-order valence-electron chi connectivity index (χ1n) is 11.6. The van der Waals surface area contributed by atoms with Crippen LogP contribution in [-0.4, -0.2) is 42.5 Å². The van der Waals surface area contributed by atoms with Gasteiger partial charge in [0.2, 0.25) is 0 Å². The first-order chi connectivity index (χ1) is 16.5. The van der Waals surface area contributed by atoms with Crippen LogP contribution in [0.5, 0.6) is 11.5 Å². The van der Waals surface area contributed by atoms with Crippen LogP contribution in [0, 0.1) is 0 Å². The van der Waals surface area contributed by atoms with E-state index in [2.05, 4.69) is 35.2 Å². The molecule has 0 radical (unpaired) electrons. The number of carboxylic acids is 1. The number of hydrogen-bond donors (Lipinski definition) is 1. The van der Waals surface area contributed by atoms with Crippen molar-refractivity contribution in [2.45, 2.75) is 38.5 Å². The SMILES string of the molecule is CCOC(C)(Cc1ccc(OCC2CN(Cc3ccccc3)c3ccccc3O2)cc1)C(=O)O. The molecule has 34 heavy (non-hydrogen) atoms. The quantitative estimate of drug-likeness (QED) is 0.461. The monoisotopic (exact) mass is 461 g/mol. The van der Waals surface area contributed by atoms with Gasteiger partial charge in [-0.05, 0) is 49.2 Å². The summed E-state index contributed by atoms with van der Waals surface area (Å²) in [6.07, 6.45) is 0.166. The van der Waals surface area contributed by atoms with E-state index in [0.717, 1.165) is 30.1 Å². The molecule has 1 heterocycles. The summed E-state index contributed by atoms with van der Waals surface area (Å²) in [4.78, 5) is 13.9. The zero-order valence-corrected chi connectivity index (χ0v) is 19.6. The molecule has 0 aromatic heterocycles. The standard InChI is InChI=1S/C28H31NO5/c1-3-33-28(2,27(30)31)17-21-13-15-23(16-14-21)32-20-24-19-29(18-22-9-5-4-6-10-22)25-11-7-8-12-26(25)34-24/h4-16,24H,3,17-20H2,1-2H3,(H,30,31). The Morgan fingerprint density at radius 2 is 1.74 bits per heavy atom. The van der Waals surface area contributed by atoms with Gasteiger partial charge in [0.05, 0.1) is 12.2 Å². The molecule has 3 aromatic carbocycles. The van der Waals surface area contributed by atoms with Gasteiger partial charge in [-0.15, -0.1) is 0 Å². The van der Waals surface area contributed by atoms with Crippen LogP contribution in [-0.2, 0) is 22.5 Å². The lowest BCUT2D eigenvalue weighted by atomic mass is 9.96. The summed E-state index contributed by atoms with van der Waals surface area (Å²) in [5.41, 5.74) is 1.96. The summed E-state index contributed by atoms with van der Waals surface area (Å²) in [6, 6.07) is 26.0. The van der Waals surface area contributed by atoms with E-state index in [9.17, 15) is 9.90 Å². The van der Waals surface area contributed by atoms with Gasteiger partial charge >= 0.3 is 5.97 Å². The van der Waals surface area contributed by atoms with Gasteiger partial charge in [-0.3, -0.25) is 0 Å². The minimum absolute atomic E-state index is 0.119. The Morgan fingerprint density at radius 3 is 2.44 bits per heavy atom. The topological polar surface area (TPSA) is 68.2 Å². The summed E-state index contributed by atoms with van der Waals surface area (Å²) >= 11 is 0. The molecular weight excluding hydrogens is 430 g/mol. The van der Waals surface area contributed by atoms with Crippen molar-refractivity contribution in [2.75, 3.05) is 24.7 Å². The van der Waals surface area contributed by atoms with Gasteiger partial charge in [0.25, 0.3) is 0 Å². The number of ether oxygens (including phenoxy) is 3. The van der Waals surface area contributed by atoms with Crippen LogP contribution in [0.15, 0.2) is 78.9 Å². The van der Waals surface area contributed by atoms with Crippen molar-refractivity contribution >= 4 is 11.7 Å². The van der Waals surface area contributed by atoms with Crippen molar-refractivity contribution in [3.63, 3.8) is 0 Å². The predicted molar refractivity (Wildman–Crippen MR) is 132 cm³/mol. The molecule has 0 spiro atoms. The van der Waals surface area contributed by atoms with Gasteiger partial charge in [0.15, 0.2) is 11.7 Å². The molecule has 2 atom stereocenters. The summed E-state index contributed by atoms with van der Waals surface area (Å²) in [7, 11) is 0. The largest absolute Gasteiger partial charge is 0.490 e. The molecule has 6 heteroatoms. The normalized spacial score (nSPS) is 16.8. The zero-order chi connectivity index (χ0) is 24.0. The van der Waals surface area contributed by atoms with Crippen LogP contribution < -0.4 is 14.4 Å². The summed E-state index contributed by atoms with van der Waals surface area (Å²) in [5.74, 6) is 0.608. The van der Waals surface area contributed by atoms with E-state index in [0.29, 0.717) is 19.0 Å². The van der Waals surface area contributed by atoms with Crippen LogP contribution in [0.1, 0.15) is 25.0 Å². The van der Waals surface area contributed by atoms with E-state index >= 15 is 0 Å². The Morgan fingerprint density at radius 1 is 1.03 bits per heavy atom. The van der Waals surface area contributed by atoms with Crippen LogP contribution in [0.2, 0.25) is 0 Å². The third kappa shape index (κ3) is 5.69. The number of fused-ring (bicyclic) bond motifs is 1. The Bertz CT molecular complexity index is 1090. The molecule has 0 saturated heterocycles. The average molecular weight is 462 g/mol. The first-order valence-corrected chi connectivity index (χ1v) is 11.6. The number of aliphatic carboxylic acids is 1.